The van der Waals surface area contributed by atoms with Gasteiger partial charge < -0.3 is 20.1 Å². The van der Waals surface area contributed by atoms with Gasteiger partial charge in [0.1, 0.15) is 5.75 Å². The van der Waals surface area contributed by atoms with Gasteiger partial charge in [-0.1, -0.05) is 12.1 Å². The Hall–Kier alpha value is -2.57. The smallest absolute Gasteiger partial charge is 0.305 e. The number of rotatable bonds is 7. The highest BCUT2D eigenvalue weighted by Crippen LogP contribution is 2.18. The van der Waals surface area contributed by atoms with Crippen LogP contribution in [-0.2, 0) is 9.59 Å². The molecule has 0 fully saturated rings. The third-order valence-corrected chi connectivity index (χ3v) is 2.84. The molecule has 0 saturated heterocycles. The molecular weight excluding hydrogens is 288 g/mol. The summed E-state index contributed by atoms with van der Waals surface area (Å²) >= 11 is 0. The van der Waals surface area contributed by atoms with Crippen molar-refractivity contribution < 1.29 is 24.2 Å². The lowest BCUT2D eigenvalue weighted by Crippen LogP contribution is -2.34. The number of hydrogen-bond donors (Lipinski definition) is 2. The van der Waals surface area contributed by atoms with Crippen molar-refractivity contribution in [3.8, 4) is 5.75 Å². The van der Waals surface area contributed by atoms with Crippen LogP contribution in [0.3, 0.4) is 0 Å². The number of nitrogens with zero attached hydrogens (tertiary/aromatic N) is 1. The number of para-hydroxylation sites is 1. The highest BCUT2D eigenvalue weighted by atomic mass is 16.5. The zero-order valence-electron chi connectivity index (χ0n) is 12.8. The molecule has 7 nitrogen and oxygen atoms in total. The Kier molecular flexibility index (Phi) is 6.37. The zero-order chi connectivity index (χ0) is 16.7. The molecule has 2 amide bonds. The van der Waals surface area contributed by atoms with Crippen LogP contribution in [-0.4, -0.2) is 54.5 Å². The lowest BCUT2D eigenvalue weighted by atomic mass is 10.1. The van der Waals surface area contributed by atoms with Crippen LogP contribution in [0.1, 0.15) is 23.7 Å². The van der Waals surface area contributed by atoms with Crippen molar-refractivity contribution in [1.29, 1.82) is 0 Å². The molecule has 1 aromatic rings. The average Bonchev–Trinajstić information content (AvgIpc) is 2.43. The van der Waals surface area contributed by atoms with Crippen molar-refractivity contribution in [3.63, 3.8) is 0 Å². The van der Waals surface area contributed by atoms with Crippen molar-refractivity contribution >= 4 is 17.8 Å². The first kappa shape index (κ1) is 17.5. The number of nitrogens with one attached hydrogen (secondary N) is 1. The number of carboxylic acids is 1. The number of hydrogen-bond acceptors (Lipinski definition) is 4. The molecule has 1 rings (SSSR count). The second-order valence-electron chi connectivity index (χ2n) is 5.05. The molecule has 0 radical (unpaired) electrons. The normalized spacial score (nSPS) is 11.4. The van der Waals surface area contributed by atoms with E-state index in [-0.39, 0.29) is 30.2 Å². The first-order chi connectivity index (χ1) is 10.3. The number of carboxylic acid groups (broad SMARTS) is 1. The van der Waals surface area contributed by atoms with Gasteiger partial charge in [-0.3, -0.25) is 14.4 Å². The summed E-state index contributed by atoms with van der Waals surface area (Å²) in [5, 5.41) is 11.3. The largest absolute Gasteiger partial charge is 0.483 e. The third-order valence-electron chi connectivity index (χ3n) is 2.84. The molecule has 7 heteroatoms. The van der Waals surface area contributed by atoms with Crippen LogP contribution in [0.15, 0.2) is 24.3 Å². The topological polar surface area (TPSA) is 95.9 Å². The Morgan fingerprint density at radius 3 is 2.50 bits per heavy atom. The minimum atomic E-state index is -0.992. The summed E-state index contributed by atoms with van der Waals surface area (Å²) in [5.74, 6) is -1.39. The minimum absolute atomic E-state index is 0.173. The first-order valence-electron chi connectivity index (χ1n) is 6.76. The lowest BCUT2D eigenvalue weighted by molar-refractivity contribution is -0.137. The Labute approximate surface area is 128 Å². The molecule has 0 aliphatic rings. The summed E-state index contributed by atoms with van der Waals surface area (Å²) in [4.78, 5) is 35.7. The van der Waals surface area contributed by atoms with Gasteiger partial charge in [-0.05, 0) is 19.1 Å². The van der Waals surface area contributed by atoms with Crippen LogP contribution in [0, 0.1) is 0 Å². The van der Waals surface area contributed by atoms with Gasteiger partial charge in [0, 0.05) is 20.1 Å². The summed E-state index contributed by atoms with van der Waals surface area (Å²) in [6.07, 6.45) is -0.173. The summed E-state index contributed by atoms with van der Waals surface area (Å²) in [5.41, 5.74) is 0.256. The van der Waals surface area contributed by atoms with E-state index in [9.17, 15) is 14.4 Å². The molecule has 1 atom stereocenters. The second kappa shape index (κ2) is 8.02. The summed E-state index contributed by atoms with van der Waals surface area (Å²) < 4.78 is 5.38. The lowest BCUT2D eigenvalue weighted by Gasteiger charge is -2.15. The number of benzene rings is 1. The van der Waals surface area contributed by atoms with Crippen molar-refractivity contribution in [2.24, 2.45) is 0 Å². The number of ether oxygens (including phenoxy) is 1. The monoisotopic (exact) mass is 308 g/mol. The van der Waals surface area contributed by atoms with E-state index in [1.54, 1.807) is 45.3 Å². The maximum atomic E-state index is 12.2. The van der Waals surface area contributed by atoms with E-state index >= 15 is 0 Å². The van der Waals surface area contributed by atoms with Crippen molar-refractivity contribution in [2.45, 2.75) is 19.4 Å². The Balaban J connectivity index is 2.76. The van der Waals surface area contributed by atoms with Crippen molar-refractivity contribution in [2.75, 3.05) is 20.7 Å². The van der Waals surface area contributed by atoms with E-state index in [1.807, 2.05) is 0 Å². The molecule has 0 heterocycles. The van der Waals surface area contributed by atoms with Crippen LogP contribution in [0.25, 0.3) is 0 Å². The van der Waals surface area contributed by atoms with Gasteiger partial charge in [0.05, 0.1) is 12.0 Å². The standard InChI is InChI=1S/C15H20N2O5/c1-10(8-14(19)20)16-15(21)11-6-4-5-7-12(11)22-9-13(18)17(2)3/h4-7,10H,8-9H2,1-3H3,(H,16,21)(H,19,20). The fraction of sp³-hybridized carbons (Fsp3) is 0.400. The molecule has 1 aromatic carbocycles. The molecule has 0 spiro atoms. The van der Waals surface area contributed by atoms with Crippen LogP contribution in [0.4, 0.5) is 0 Å². The Morgan fingerprint density at radius 2 is 1.91 bits per heavy atom. The van der Waals surface area contributed by atoms with Crippen molar-refractivity contribution in [3.05, 3.63) is 29.8 Å². The molecule has 0 saturated carbocycles. The SMILES string of the molecule is CC(CC(=O)O)NC(=O)c1ccccc1OCC(=O)N(C)C. The van der Waals surface area contributed by atoms with Gasteiger partial charge in [0.25, 0.3) is 11.8 Å². The van der Waals surface area contributed by atoms with E-state index in [1.165, 1.54) is 4.90 Å². The van der Waals surface area contributed by atoms with E-state index in [0.29, 0.717) is 0 Å². The molecule has 2 N–H and O–H groups in total. The van der Waals surface area contributed by atoms with E-state index < -0.39 is 17.9 Å². The Bertz CT molecular complexity index is 557. The van der Waals surface area contributed by atoms with Gasteiger partial charge in [0.15, 0.2) is 6.61 Å². The fourth-order valence-electron chi connectivity index (χ4n) is 1.66. The molecule has 0 aliphatic carbocycles. The maximum Gasteiger partial charge on any atom is 0.305 e. The number of carbonyl (C=O) groups is 3. The van der Waals surface area contributed by atoms with Crippen LogP contribution >= 0.6 is 0 Å². The van der Waals surface area contributed by atoms with Crippen LogP contribution in [0.5, 0.6) is 5.75 Å². The van der Waals surface area contributed by atoms with Gasteiger partial charge in [0.2, 0.25) is 0 Å². The summed E-state index contributed by atoms with van der Waals surface area (Å²) in [6.45, 7) is 1.42. The van der Waals surface area contributed by atoms with Crippen LogP contribution < -0.4 is 10.1 Å². The summed E-state index contributed by atoms with van der Waals surface area (Å²) in [7, 11) is 3.22. The number of aliphatic carboxylic acids is 1. The summed E-state index contributed by atoms with van der Waals surface area (Å²) in [6, 6.07) is 5.98. The van der Waals surface area contributed by atoms with E-state index in [2.05, 4.69) is 5.32 Å². The predicted molar refractivity (Wildman–Crippen MR) is 79.8 cm³/mol. The van der Waals surface area contributed by atoms with Crippen molar-refractivity contribution in [1.82, 2.24) is 10.2 Å². The molecular formula is C15H20N2O5. The quantitative estimate of drug-likeness (QED) is 0.775. The zero-order valence-corrected chi connectivity index (χ0v) is 12.8. The second-order valence-corrected chi connectivity index (χ2v) is 5.05. The van der Waals surface area contributed by atoms with E-state index in [0.717, 1.165) is 0 Å². The molecule has 0 bridgehead atoms. The van der Waals surface area contributed by atoms with Gasteiger partial charge in [-0.2, -0.15) is 0 Å². The number of amides is 2. The highest BCUT2D eigenvalue weighted by molar-refractivity contribution is 5.97. The van der Waals surface area contributed by atoms with Gasteiger partial charge in [-0.25, -0.2) is 0 Å². The first-order valence-corrected chi connectivity index (χ1v) is 6.76. The number of likely N-dealkylation sites (N-methyl/N-ethyl adjacent to an activating group) is 1. The van der Waals surface area contributed by atoms with Gasteiger partial charge >= 0.3 is 5.97 Å². The molecule has 0 aliphatic heterocycles. The molecule has 0 aromatic heterocycles. The Morgan fingerprint density at radius 1 is 1.27 bits per heavy atom. The molecule has 1 unspecified atom stereocenters. The van der Waals surface area contributed by atoms with Crippen LogP contribution in [0.2, 0.25) is 0 Å². The third kappa shape index (κ3) is 5.43. The number of carbonyl (C=O) groups excluding carboxylic acids is 2. The predicted octanol–water partition coefficient (Wildman–Crippen LogP) is 0.747. The highest BCUT2D eigenvalue weighted by Gasteiger charge is 2.17. The maximum absolute atomic E-state index is 12.2. The molecule has 22 heavy (non-hydrogen) atoms. The molecule has 120 valence electrons. The minimum Gasteiger partial charge on any atom is -0.483 e. The average molecular weight is 308 g/mol. The fourth-order valence-corrected chi connectivity index (χ4v) is 1.66. The van der Waals surface area contributed by atoms with E-state index in [4.69, 9.17) is 9.84 Å². The van der Waals surface area contributed by atoms with Gasteiger partial charge in [-0.15, -0.1) is 0 Å².